The first-order valence-corrected chi connectivity index (χ1v) is 17.9. The predicted octanol–water partition coefficient (Wildman–Crippen LogP) is 5.61. The Kier molecular flexibility index (Phi) is 7.97. The van der Waals surface area contributed by atoms with Gasteiger partial charge >= 0.3 is 0 Å². The monoisotopic (exact) mass is 646 g/mol. The van der Waals surface area contributed by atoms with Crippen LogP contribution in [0.25, 0.3) is 0 Å². The highest BCUT2D eigenvalue weighted by atomic mass is 16.2. The molecule has 2 aromatic heterocycles. The van der Waals surface area contributed by atoms with Crippen molar-refractivity contribution in [3.63, 3.8) is 0 Å². The molecule has 3 atom stereocenters. The molecule has 0 fully saturated rings. The number of nitrogens with two attached hydrogens (primary N) is 2. The zero-order chi connectivity index (χ0) is 32.9. The number of para-hydroxylation sites is 2. The van der Waals surface area contributed by atoms with Crippen LogP contribution in [0.15, 0.2) is 48.5 Å². The minimum absolute atomic E-state index is 0.0195. The summed E-state index contributed by atoms with van der Waals surface area (Å²) in [5.74, 6) is 1.03. The summed E-state index contributed by atoms with van der Waals surface area (Å²) < 4.78 is 3.14. The molecule has 0 radical (unpaired) electrons. The van der Waals surface area contributed by atoms with E-state index in [0.717, 1.165) is 135 Å². The van der Waals surface area contributed by atoms with Crippen molar-refractivity contribution in [2.24, 2.45) is 5.92 Å². The summed E-state index contributed by atoms with van der Waals surface area (Å²) in [6.45, 7) is 5.65. The van der Waals surface area contributed by atoms with Gasteiger partial charge in [-0.3, -0.25) is 9.59 Å². The Morgan fingerprint density at radius 1 is 0.771 bits per heavy atom. The Morgan fingerprint density at radius 3 is 2.15 bits per heavy atom. The van der Waals surface area contributed by atoms with Crippen LogP contribution in [0.5, 0.6) is 0 Å². The van der Waals surface area contributed by atoms with Gasteiger partial charge in [-0.25, -0.2) is 4.68 Å². The van der Waals surface area contributed by atoms with Crippen molar-refractivity contribution < 1.29 is 9.59 Å². The minimum atomic E-state index is -0.241. The van der Waals surface area contributed by atoms with Crippen molar-refractivity contribution in [1.82, 2.24) is 19.6 Å². The van der Waals surface area contributed by atoms with Crippen LogP contribution in [-0.2, 0) is 25.7 Å². The van der Waals surface area contributed by atoms with Gasteiger partial charge in [0.15, 0.2) is 0 Å². The van der Waals surface area contributed by atoms with Crippen LogP contribution < -0.4 is 21.3 Å². The third-order valence-electron chi connectivity index (χ3n) is 11.5. The Morgan fingerprint density at radius 2 is 1.42 bits per heavy atom. The molecule has 0 saturated heterocycles. The summed E-state index contributed by atoms with van der Waals surface area (Å²) >= 11 is 0. The fraction of sp³-hybridized carbons (Fsp3) is 0.474. The highest BCUT2D eigenvalue weighted by molar-refractivity contribution is 5.91. The smallest absolute Gasteiger partial charge is 0.256 e. The standard InChI is InChI=1S/C38H46N8O2/c1-2-43-21-18-28(25-9-3-6-12-32(25)43)38(48)46-36(40)29-16-15-24(23-31(29)41-46)17-20-44-22-19-27(26-10-4-7-13-33(26)44)37(47)45-34-14-8-5-11-30(34)35(39)42-45/h3-4,6-7,9-10,12-13,24,27-28H,2,5,8,11,14-23,40H2,1H3,(H2,39,42). The number of nitrogens with zero attached hydrogens (tertiary/aromatic N) is 6. The second-order valence-electron chi connectivity index (χ2n) is 14.1. The van der Waals surface area contributed by atoms with Gasteiger partial charge in [-0.2, -0.15) is 9.78 Å². The summed E-state index contributed by atoms with van der Waals surface area (Å²) in [4.78, 5) is 32.6. The molecule has 0 saturated carbocycles. The zero-order valence-corrected chi connectivity index (χ0v) is 27.9. The molecular formula is C38H46N8O2. The summed E-state index contributed by atoms with van der Waals surface area (Å²) in [6, 6.07) is 16.6. The first kappa shape index (κ1) is 30.7. The summed E-state index contributed by atoms with van der Waals surface area (Å²) in [5, 5.41) is 9.40. The van der Waals surface area contributed by atoms with Crippen LogP contribution in [0, 0.1) is 5.92 Å². The van der Waals surface area contributed by atoms with Crippen molar-refractivity contribution in [3.8, 4) is 0 Å². The van der Waals surface area contributed by atoms with Gasteiger partial charge in [-0.05, 0) is 100 Å². The van der Waals surface area contributed by atoms with E-state index in [4.69, 9.17) is 16.6 Å². The van der Waals surface area contributed by atoms with Crippen LogP contribution in [0.1, 0.15) is 101 Å². The Hall–Kier alpha value is -4.60. The molecular weight excluding hydrogens is 600 g/mol. The van der Waals surface area contributed by atoms with Gasteiger partial charge in [0.2, 0.25) is 0 Å². The molecule has 250 valence electrons. The minimum Gasteiger partial charge on any atom is -0.383 e. The summed E-state index contributed by atoms with van der Waals surface area (Å²) in [6.07, 6.45) is 9.15. The second kappa shape index (κ2) is 12.5. The molecule has 10 nitrogen and oxygen atoms in total. The number of nitrogen functional groups attached to an aromatic ring is 2. The van der Waals surface area contributed by atoms with Crippen molar-refractivity contribution in [3.05, 3.63) is 82.2 Å². The van der Waals surface area contributed by atoms with Gasteiger partial charge in [-0.1, -0.05) is 36.4 Å². The lowest BCUT2D eigenvalue weighted by molar-refractivity contribution is 0.0846. The van der Waals surface area contributed by atoms with E-state index >= 15 is 0 Å². The number of anilines is 4. The zero-order valence-electron chi connectivity index (χ0n) is 27.9. The van der Waals surface area contributed by atoms with E-state index in [1.54, 1.807) is 4.68 Å². The van der Waals surface area contributed by atoms with Crippen LogP contribution in [-0.4, -0.2) is 57.6 Å². The van der Waals surface area contributed by atoms with Gasteiger partial charge in [-0.15, -0.1) is 5.10 Å². The molecule has 4 heterocycles. The van der Waals surface area contributed by atoms with Gasteiger partial charge < -0.3 is 21.3 Å². The fourth-order valence-electron chi connectivity index (χ4n) is 8.86. The normalized spacial score (nSPS) is 21.6. The molecule has 0 spiro atoms. The molecule has 0 amide bonds. The van der Waals surface area contributed by atoms with Crippen LogP contribution in [0.2, 0.25) is 0 Å². The number of hydrogen-bond donors (Lipinski definition) is 2. The van der Waals surface area contributed by atoms with Gasteiger partial charge in [0, 0.05) is 48.7 Å². The molecule has 0 bridgehead atoms. The molecule has 4 aliphatic rings. The van der Waals surface area contributed by atoms with Gasteiger partial charge in [0.05, 0.1) is 23.2 Å². The number of carbonyl (C=O) groups excluding carboxylic acids is 2. The van der Waals surface area contributed by atoms with E-state index < -0.39 is 0 Å². The Bertz CT molecular complexity index is 1870. The number of fused-ring (bicyclic) bond motifs is 4. The average molecular weight is 647 g/mol. The van der Waals surface area contributed by atoms with Crippen molar-refractivity contribution >= 4 is 34.8 Å². The highest BCUT2D eigenvalue weighted by Gasteiger charge is 2.36. The lowest BCUT2D eigenvalue weighted by Gasteiger charge is -2.36. The van der Waals surface area contributed by atoms with Gasteiger partial charge in [0.25, 0.3) is 11.8 Å². The van der Waals surface area contributed by atoms with Crippen LogP contribution >= 0.6 is 0 Å². The maximum Gasteiger partial charge on any atom is 0.256 e. The third kappa shape index (κ3) is 5.16. The maximum atomic E-state index is 13.9. The van der Waals surface area contributed by atoms with Crippen molar-refractivity contribution in [2.45, 2.75) is 83.0 Å². The van der Waals surface area contributed by atoms with E-state index in [-0.39, 0.29) is 23.7 Å². The summed E-state index contributed by atoms with van der Waals surface area (Å²) in [5.41, 5.74) is 21.4. The highest BCUT2D eigenvalue weighted by Crippen LogP contribution is 2.40. The maximum absolute atomic E-state index is 13.9. The van der Waals surface area contributed by atoms with E-state index in [1.807, 2.05) is 18.2 Å². The molecule has 4 aromatic rings. The molecule has 2 aromatic carbocycles. The Balaban J connectivity index is 0.954. The van der Waals surface area contributed by atoms with Crippen LogP contribution in [0.3, 0.4) is 0 Å². The average Bonchev–Trinajstić information content (AvgIpc) is 3.65. The largest absolute Gasteiger partial charge is 0.383 e. The first-order valence-electron chi connectivity index (χ1n) is 17.9. The van der Waals surface area contributed by atoms with E-state index in [9.17, 15) is 9.59 Å². The van der Waals surface area contributed by atoms with Crippen molar-refractivity contribution in [2.75, 3.05) is 47.4 Å². The number of carbonyl (C=O) groups is 2. The number of hydrogen-bond acceptors (Lipinski definition) is 8. The fourth-order valence-corrected chi connectivity index (χ4v) is 8.86. The predicted molar refractivity (Wildman–Crippen MR) is 189 cm³/mol. The molecule has 48 heavy (non-hydrogen) atoms. The quantitative estimate of drug-likeness (QED) is 0.277. The number of benzene rings is 2. The molecule has 4 N–H and O–H groups in total. The second-order valence-corrected chi connectivity index (χ2v) is 14.1. The molecule has 3 unspecified atom stereocenters. The molecule has 2 aliphatic heterocycles. The summed E-state index contributed by atoms with van der Waals surface area (Å²) in [7, 11) is 0. The first-order chi connectivity index (χ1) is 23.4. The SMILES string of the molecule is CCN1CCC(C(=O)n2nc3c(c2N)CCC(CCN2CCC(C(=O)n4nc(N)c5c4CCCC5)c4ccccc42)C3)c2ccccc21. The lowest BCUT2D eigenvalue weighted by atomic mass is 9.84. The number of aromatic nitrogens is 4. The lowest BCUT2D eigenvalue weighted by Crippen LogP contribution is -2.37. The number of rotatable bonds is 6. The molecule has 8 rings (SSSR count). The van der Waals surface area contributed by atoms with Gasteiger partial charge in [0.1, 0.15) is 11.6 Å². The molecule has 2 aliphatic carbocycles. The Labute approximate surface area is 282 Å². The van der Waals surface area contributed by atoms with Crippen LogP contribution in [0.4, 0.5) is 23.0 Å². The van der Waals surface area contributed by atoms with E-state index in [0.29, 0.717) is 17.6 Å². The van der Waals surface area contributed by atoms with E-state index in [1.165, 1.54) is 4.68 Å². The topological polar surface area (TPSA) is 128 Å². The van der Waals surface area contributed by atoms with Crippen molar-refractivity contribution in [1.29, 1.82) is 0 Å². The molecule has 10 heteroatoms. The third-order valence-corrected chi connectivity index (χ3v) is 11.5. The van der Waals surface area contributed by atoms with E-state index in [2.05, 4.69) is 52.2 Å².